The highest BCUT2D eigenvalue weighted by molar-refractivity contribution is 7.43. The van der Waals surface area contributed by atoms with Gasteiger partial charge >= 0.3 is 0 Å². The van der Waals surface area contributed by atoms with Crippen LogP contribution in [0.25, 0.3) is 0 Å². The average molecular weight is 169 g/mol. The number of hydrogen-bond donors (Lipinski definition) is 5. The average Bonchev–Trinajstić information content (AvgIpc) is 1.90. The minimum absolute atomic E-state index is 0.103. The van der Waals surface area contributed by atoms with Crippen molar-refractivity contribution in [1.82, 2.24) is 5.43 Å². The third kappa shape index (κ3) is 5.01. The van der Waals surface area contributed by atoms with E-state index in [1.165, 1.54) is 0 Å². The van der Waals surface area contributed by atoms with Crippen LogP contribution in [0.15, 0.2) is 0 Å². The monoisotopic (exact) mass is 169 g/mol. The first-order valence-electron chi connectivity index (χ1n) is 2.64. The highest BCUT2D eigenvalue weighted by atomic mass is 31.2. The van der Waals surface area contributed by atoms with E-state index in [1.807, 2.05) is 0 Å². The minimum atomic E-state index is -1.85. The second kappa shape index (κ2) is 5.94. The Morgan fingerprint density at radius 1 is 1.70 bits per heavy atom. The zero-order chi connectivity index (χ0) is 7.98. The van der Waals surface area contributed by atoms with Crippen molar-refractivity contribution < 1.29 is 14.5 Å². The van der Waals surface area contributed by atoms with Gasteiger partial charge in [-0.3, -0.25) is 16.8 Å². The molecule has 0 amide bonds. The third-order valence-electron chi connectivity index (χ3n) is 0.864. The molecule has 10 heavy (non-hydrogen) atoms. The summed E-state index contributed by atoms with van der Waals surface area (Å²) >= 11 is 0. The Morgan fingerprint density at radius 3 is 2.60 bits per heavy atom. The first-order chi connectivity index (χ1) is 4.70. The SMILES string of the molecule is NN[C@H](CO)COP(N)O. The van der Waals surface area contributed by atoms with Crippen LogP contribution in [0, 0.1) is 0 Å². The highest BCUT2D eigenvalue weighted by Gasteiger charge is 2.06. The number of aliphatic hydroxyl groups excluding tert-OH is 1. The van der Waals surface area contributed by atoms with Crippen LogP contribution in [-0.2, 0) is 4.52 Å². The van der Waals surface area contributed by atoms with Gasteiger partial charge in [-0.1, -0.05) is 0 Å². The molecule has 0 aromatic carbocycles. The Bertz CT molecular complexity index is 79.4. The first kappa shape index (κ1) is 10.2. The molecule has 0 saturated carbocycles. The minimum Gasteiger partial charge on any atom is -0.395 e. The Morgan fingerprint density at radius 2 is 2.30 bits per heavy atom. The van der Waals surface area contributed by atoms with Crippen LogP contribution in [0.4, 0.5) is 0 Å². The van der Waals surface area contributed by atoms with Crippen molar-refractivity contribution in [3.63, 3.8) is 0 Å². The maximum Gasteiger partial charge on any atom is 0.250 e. The van der Waals surface area contributed by atoms with E-state index in [0.717, 1.165) is 0 Å². The van der Waals surface area contributed by atoms with Crippen molar-refractivity contribution in [2.24, 2.45) is 11.3 Å². The molecule has 1 unspecified atom stereocenters. The van der Waals surface area contributed by atoms with E-state index in [0.29, 0.717) is 0 Å². The number of hydrogen-bond acceptors (Lipinski definition) is 6. The Balaban J connectivity index is 3.26. The molecule has 0 rings (SSSR count). The van der Waals surface area contributed by atoms with Crippen LogP contribution < -0.4 is 16.8 Å². The van der Waals surface area contributed by atoms with Gasteiger partial charge in [0.2, 0.25) is 8.53 Å². The van der Waals surface area contributed by atoms with Gasteiger partial charge in [-0.05, 0) is 0 Å². The van der Waals surface area contributed by atoms with Gasteiger partial charge in [-0.2, -0.15) is 0 Å². The molecule has 7 N–H and O–H groups in total. The molecule has 0 heterocycles. The fraction of sp³-hybridized carbons (Fsp3) is 1.00. The lowest BCUT2D eigenvalue weighted by Crippen LogP contribution is -2.41. The molecule has 7 heteroatoms. The molecule has 0 saturated heterocycles. The van der Waals surface area contributed by atoms with Gasteiger partial charge in [0.25, 0.3) is 0 Å². The van der Waals surface area contributed by atoms with Crippen LogP contribution >= 0.6 is 8.53 Å². The molecule has 2 atom stereocenters. The van der Waals surface area contributed by atoms with Gasteiger partial charge < -0.3 is 14.5 Å². The molecule has 0 fully saturated rings. The lowest BCUT2D eigenvalue weighted by atomic mass is 10.4. The van der Waals surface area contributed by atoms with Crippen molar-refractivity contribution in [2.45, 2.75) is 6.04 Å². The van der Waals surface area contributed by atoms with Crippen molar-refractivity contribution >= 4 is 8.53 Å². The number of nitrogens with two attached hydrogens (primary N) is 2. The summed E-state index contributed by atoms with van der Waals surface area (Å²) < 4.78 is 4.58. The van der Waals surface area contributed by atoms with Crippen molar-refractivity contribution in [3.05, 3.63) is 0 Å². The number of rotatable bonds is 5. The van der Waals surface area contributed by atoms with Crippen molar-refractivity contribution in [3.8, 4) is 0 Å². The predicted molar refractivity (Wildman–Crippen MR) is 37.5 cm³/mol. The summed E-state index contributed by atoms with van der Waals surface area (Å²) in [4.78, 5) is 8.46. The standard InChI is InChI=1S/C3H12N3O3P/c4-6-3(1-7)2-9-10(5)8/h3,6-8H,1-2,4-5H2/t3-,10?/m1/s1. The molecule has 62 valence electrons. The second-order valence-electron chi connectivity index (χ2n) is 1.64. The summed E-state index contributed by atoms with van der Waals surface area (Å²) in [5.74, 6) is 4.96. The van der Waals surface area contributed by atoms with Crippen LogP contribution in [0.2, 0.25) is 0 Å². The molecule has 0 aliphatic heterocycles. The zero-order valence-corrected chi connectivity index (χ0v) is 6.29. The van der Waals surface area contributed by atoms with E-state index in [2.05, 4.69) is 9.95 Å². The van der Waals surface area contributed by atoms with Gasteiger partial charge in [-0.25, -0.2) is 0 Å². The fourth-order valence-electron chi connectivity index (χ4n) is 0.320. The highest BCUT2D eigenvalue weighted by Crippen LogP contribution is 2.18. The van der Waals surface area contributed by atoms with Crippen LogP contribution in [0.1, 0.15) is 0 Å². The van der Waals surface area contributed by atoms with E-state index < -0.39 is 8.53 Å². The topological polar surface area (TPSA) is 114 Å². The molecule has 0 aliphatic rings. The van der Waals surface area contributed by atoms with Crippen LogP contribution in [-0.4, -0.2) is 29.3 Å². The molecular formula is C3H12N3O3P. The van der Waals surface area contributed by atoms with Crippen molar-refractivity contribution in [1.29, 1.82) is 0 Å². The van der Waals surface area contributed by atoms with Gasteiger partial charge in [0, 0.05) is 0 Å². The molecule has 0 spiro atoms. The molecule has 0 aromatic heterocycles. The first-order valence-corrected chi connectivity index (χ1v) is 3.92. The lowest BCUT2D eigenvalue weighted by Gasteiger charge is -2.12. The maximum atomic E-state index is 8.50. The van der Waals surface area contributed by atoms with E-state index in [-0.39, 0.29) is 19.3 Å². The molecular weight excluding hydrogens is 157 g/mol. The molecule has 0 radical (unpaired) electrons. The van der Waals surface area contributed by atoms with Gasteiger partial charge in [0.15, 0.2) is 0 Å². The largest absolute Gasteiger partial charge is 0.395 e. The number of aliphatic hydroxyl groups is 1. The van der Waals surface area contributed by atoms with E-state index in [9.17, 15) is 0 Å². The normalized spacial score (nSPS) is 16.8. The smallest absolute Gasteiger partial charge is 0.250 e. The molecule has 0 aliphatic carbocycles. The fourth-order valence-corrected chi connectivity index (χ4v) is 0.653. The summed E-state index contributed by atoms with van der Waals surface area (Å²) in [7, 11) is -1.85. The summed E-state index contributed by atoms with van der Waals surface area (Å²) in [5.41, 5.74) is 7.17. The van der Waals surface area contributed by atoms with E-state index >= 15 is 0 Å². The predicted octanol–water partition coefficient (Wildman–Crippen LogP) is -1.99. The van der Waals surface area contributed by atoms with Crippen LogP contribution in [0.5, 0.6) is 0 Å². The van der Waals surface area contributed by atoms with Crippen molar-refractivity contribution in [2.75, 3.05) is 13.2 Å². The molecule has 0 bridgehead atoms. The molecule has 6 nitrogen and oxygen atoms in total. The lowest BCUT2D eigenvalue weighted by molar-refractivity contribution is 0.184. The maximum absolute atomic E-state index is 8.50. The summed E-state index contributed by atoms with van der Waals surface area (Å²) in [6.45, 7) is -0.0502. The summed E-state index contributed by atoms with van der Waals surface area (Å²) in [6.07, 6.45) is 0. The second-order valence-corrected chi connectivity index (χ2v) is 2.51. The van der Waals surface area contributed by atoms with Gasteiger partial charge in [0.05, 0.1) is 19.3 Å². The Hall–Kier alpha value is 0.190. The summed E-state index contributed by atoms with van der Waals surface area (Å²) in [6, 6.07) is -0.374. The third-order valence-corrected chi connectivity index (χ3v) is 1.28. The quantitative estimate of drug-likeness (QED) is 0.185. The van der Waals surface area contributed by atoms with Crippen LogP contribution in [0.3, 0.4) is 0 Å². The van der Waals surface area contributed by atoms with Gasteiger partial charge in [-0.15, -0.1) is 0 Å². The number of hydrazine groups is 1. The van der Waals surface area contributed by atoms with E-state index in [4.69, 9.17) is 21.3 Å². The molecule has 0 aromatic rings. The van der Waals surface area contributed by atoms with E-state index in [1.54, 1.807) is 0 Å². The Labute approximate surface area is 60.1 Å². The zero-order valence-electron chi connectivity index (χ0n) is 5.40. The summed E-state index contributed by atoms with van der Waals surface area (Å²) in [5, 5.41) is 8.50. The van der Waals surface area contributed by atoms with Gasteiger partial charge in [0.1, 0.15) is 0 Å². The Kier molecular flexibility index (Phi) is 6.05. The number of nitrogens with one attached hydrogen (secondary N) is 1.